The van der Waals surface area contributed by atoms with Crippen LogP contribution in [0.1, 0.15) is 55.3 Å². The number of benzene rings is 1. The second kappa shape index (κ2) is 5.88. The van der Waals surface area contributed by atoms with Crippen molar-refractivity contribution in [1.29, 1.82) is 0 Å². The summed E-state index contributed by atoms with van der Waals surface area (Å²) in [7, 11) is 0. The molecule has 0 bridgehead atoms. The summed E-state index contributed by atoms with van der Waals surface area (Å²) in [6, 6.07) is 8.34. The molecule has 19 heavy (non-hydrogen) atoms. The van der Waals surface area contributed by atoms with Crippen LogP contribution >= 0.6 is 11.8 Å². The fourth-order valence-electron chi connectivity index (χ4n) is 3.68. The van der Waals surface area contributed by atoms with Crippen LogP contribution in [0.4, 0.5) is 0 Å². The standard InChI is InChI=1S/C17H25NS/c1-3-19-17-6-4-5-16(17)18-15-10-9-13-8-7-12(2)11-14(13)15/h7-8,11,15-18H,3-6,9-10H2,1-2H3. The third-order valence-corrected chi connectivity index (χ3v) is 5.95. The number of aryl methyl sites for hydroxylation is 2. The van der Waals surface area contributed by atoms with E-state index in [1.807, 2.05) is 0 Å². The fraction of sp³-hybridized carbons (Fsp3) is 0.647. The van der Waals surface area contributed by atoms with Crippen molar-refractivity contribution < 1.29 is 0 Å². The average Bonchev–Trinajstić information content (AvgIpc) is 2.99. The Morgan fingerprint density at radius 2 is 2.16 bits per heavy atom. The molecule has 1 aromatic carbocycles. The Bertz CT molecular complexity index is 443. The topological polar surface area (TPSA) is 12.0 Å². The number of nitrogens with one attached hydrogen (secondary N) is 1. The van der Waals surface area contributed by atoms with Gasteiger partial charge in [0.15, 0.2) is 0 Å². The summed E-state index contributed by atoms with van der Waals surface area (Å²) in [5.41, 5.74) is 4.55. The Hall–Kier alpha value is -0.470. The van der Waals surface area contributed by atoms with Crippen LogP contribution in [0.25, 0.3) is 0 Å². The quantitative estimate of drug-likeness (QED) is 0.882. The van der Waals surface area contributed by atoms with Gasteiger partial charge in [-0.15, -0.1) is 0 Å². The lowest BCUT2D eigenvalue weighted by atomic mass is 10.0. The number of thioether (sulfide) groups is 1. The summed E-state index contributed by atoms with van der Waals surface area (Å²) in [4.78, 5) is 0. The second-order valence-corrected chi connectivity index (χ2v) is 7.51. The highest BCUT2D eigenvalue weighted by Crippen LogP contribution is 2.36. The normalized spacial score (nSPS) is 29.7. The summed E-state index contributed by atoms with van der Waals surface area (Å²) >= 11 is 2.15. The molecule has 104 valence electrons. The molecule has 0 aliphatic heterocycles. The molecule has 3 unspecified atom stereocenters. The zero-order valence-electron chi connectivity index (χ0n) is 12.1. The molecule has 2 aliphatic carbocycles. The third-order valence-electron chi connectivity index (χ3n) is 4.63. The average molecular weight is 275 g/mol. The van der Waals surface area contributed by atoms with Gasteiger partial charge in [0.2, 0.25) is 0 Å². The van der Waals surface area contributed by atoms with E-state index in [1.54, 1.807) is 11.1 Å². The molecule has 0 amide bonds. The van der Waals surface area contributed by atoms with Gasteiger partial charge >= 0.3 is 0 Å². The maximum Gasteiger partial charge on any atom is 0.0329 e. The van der Waals surface area contributed by atoms with Gasteiger partial charge in [0.25, 0.3) is 0 Å². The first-order chi connectivity index (χ1) is 9.28. The van der Waals surface area contributed by atoms with Gasteiger partial charge in [0, 0.05) is 17.3 Å². The summed E-state index contributed by atoms with van der Waals surface area (Å²) in [6.45, 7) is 4.50. The molecule has 0 saturated heterocycles. The summed E-state index contributed by atoms with van der Waals surface area (Å²) in [5, 5.41) is 4.82. The van der Waals surface area contributed by atoms with Gasteiger partial charge in [-0.2, -0.15) is 11.8 Å². The number of fused-ring (bicyclic) bond motifs is 1. The molecule has 0 radical (unpaired) electrons. The molecule has 0 aromatic heterocycles. The maximum atomic E-state index is 3.98. The van der Waals surface area contributed by atoms with E-state index in [9.17, 15) is 0 Å². The highest BCUT2D eigenvalue weighted by molar-refractivity contribution is 7.99. The van der Waals surface area contributed by atoms with E-state index in [4.69, 9.17) is 0 Å². The van der Waals surface area contributed by atoms with E-state index >= 15 is 0 Å². The molecular weight excluding hydrogens is 250 g/mol. The van der Waals surface area contributed by atoms with Gasteiger partial charge in [0.1, 0.15) is 0 Å². The molecule has 2 heteroatoms. The van der Waals surface area contributed by atoms with Gasteiger partial charge in [-0.25, -0.2) is 0 Å². The van der Waals surface area contributed by atoms with Crippen LogP contribution in [0.5, 0.6) is 0 Å². The molecule has 1 fully saturated rings. The van der Waals surface area contributed by atoms with Crippen molar-refractivity contribution in [3.63, 3.8) is 0 Å². The molecule has 2 aliphatic rings. The van der Waals surface area contributed by atoms with E-state index < -0.39 is 0 Å². The fourth-order valence-corrected chi connectivity index (χ4v) is 4.89. The van der Waals surface area contributed by atoms with Gasteiger partial charge in [-0.3, -0.25) is 0 Å². The predicted octanol–water partition coefficient (Wildman–Crippen LogP) is 4.25. The first-order valence-electron chi connectivity index (χ1n) is 7.75. The zero-order valence-corrected chi connectivity index (χ0v) is 12.9. The smallest absolute Gasteiger partial charge is 0.0329 e. The number of hydrogen-bond acceptors (Lipinski definition) is 2. The minimum atomic E-state index is 0.609. The van der Waals surface area contributed by atoms with E-state index in [0.29, 0.717) is 6.04 Å². The van der Waals surface area contributed by atoms with Crippen molar-refractivity contribution in [3.8, 4) is 0 Å². The molecule has 3 rings (SSSR count). The maximum absolute atomic E-state index is 3.98. The van der Waals surface area contributed by atoms with Gasteiger partial charge in [0.05, 0.1) is 0 Å². The lowest BCUT2D eigenvalue weighted by Gasteiger charge is -2.25. The van der Waals surface area contributed by atoms with Crippen molar-refractivity contribution in [1.82, 2.24) is 5.32 Å². The lowest BCUT2D eigenvalue weighted by molar-refractivity contribution is 0.443. The Morgan fingerprint density at radius 3 is 3.00 bits per heavy atom. The molecule has 0 heterocycles. The molecule has 1 saturated carbocycles. The summed E-state index contributed by atoms with van der Waals surface area (Å²) < 4.78 is 0. The van der Waals surface area contributed by atoms with Crippen LogP contribution in [0.3, 0.4) is 0 Å². The predicted molar refractivity (Wildman–Crippen MR) is 84.9 cm³/mol. The van der Waals surface area contributed by atoms with Crippen LogP contribution < -0.4 is 5.32 Å². The van der Waals surface area contributed by atoms with Crippen molar-refractivity contribution in [2.75, 3.05) is 5.75 Å². The third kappa shape index (κ3) is 2.85. The van der Waals surface area contributed by atoms with Crippen molar-refractivity contribution in [2.24, 2.45) is 0 Å². The highest BCUT2D eigenvalue weighted by Gasteiger charge is 2.31. The Kier molecular flexibility index (Phi) is 4.18. The Labute approximate surface area is 121 Å². The largest absolute Gasteiger partial charge is 0.306 e. The molecule has 0 spiro atoms. The molecular formula is C17H25NS. The van der Waals surface area contributed by atoms with Gasteiger partial charge in [-0.05, 0) is 49.5 Å². The van der Waals surface area contributed by atoms with Crippen molar-refractivity contribution in [2.45, 2.75) is 63.3 Å². The Balaban J connectivity index is 1.70. The van der Waals surface area contributed by atoms with Crippen LogP contribution in [0.15, 0.2) is 18.2 Å². The molecule has 3 atom stereocenters. The van der Waals surface area contributed by atoms with Crippen LogP contribution in [0, 0.1) is 6.92 Å². The van der Waals surface area contributed by atoms with E-state index in [-0.39, 0.29) is 0 Å². The van der Waals surface area contributed by atoms with Gasteiger partial charge in [-0.1, -0.05) is 37.1 Å². The zero-order chi connectivity index (χ0) is 13.2. The van der Waals surface area contributed by atoms with Crippen molar-refractivity contribution in [3.05, 3.63) is 34.9 Å². The SMILES string of the molecule is CCSC1CCCC1NC1CCc2ccc(C)cc21. The monoisotopic (exact) mass is 275 g/mol. The minimum absolute atomic E-state index is 0.609. The highest BCUT2D eigenvalue weighted by atomic mass is 32.2. The van der Waals surface area contributed by atoms with E-state index in [0.717, 1.165) is 11.3 Å². The van der Waals surface area contributed by atoms with E-state index in [1.165, 1.54) is 43.4 Å². The van der Waals surface area contributed by atoms with Crippen LogP contribution in [0.2, 0.25) is 0 Å². The molecule has 1 nitrogen and oxygen atoms in total. The van der Waals surface area contributed by atoms with Gasteiger partial charge < -0.3 is 5.32 Å². The van der Waals surface area contributed by atoms with Crippen LogP contribution in [-0.4, -0.2) is 17.0 Å². The minimum Gasteiger partial charge on any atom is -0.306 e. The first kappa shape index (κ1) is 13.5. The molecule has 1 aromatic rings. The first-order valence-corrected chi connectivity index (χ1v) is 8.80. The van der Waals surface area contributed by atoms with E-state index in [2.05, 4.69) is 49.1 Å². The summed E-state index contributed by atoms with van der Waals surface area (Å²) in [6.07, 6.45) is 6.73. The Morgan fingerprint density at radius 1 is 1.26 bits per heavy atom. The number of hydrogen-bond donors (Lipinski definition) is 1. The number of rotatable bonds is 4. The second-order valence-electron chi connectivity index (χ2n) is 5.99. The van der Waals surface area contributed by atoms with Crippen molar-refractivity contribution >= 4 is 11.8 Å². The lowest BCUT2D eigenvalue weighted by Crippen LogP contribution is -2.36. The summed E-state index contributed by atoms with van der Waals surface area (Å²) in [5.74, 6) is 1.25. The van der Waals surface area contributed by atoms with Crippen LogP contribution in [-0.2, 0) is 6.42 Å². The molecule has 1 N–H and O–H groups in total.